The fourth-order valence-electron chi connectivity index (χ4n) is 3.26. The summed E-state index contributed by atoms with van der Waals surface area (Å²) in [6.07, 6.45) is 0. The molecule has 142 valence electrons. The van der Waals surface area contributed by atoms with E-state index < -0.39 is 0 Å². The first-order valence-electron chi connectivity index (χ1n) is 9.12. The van der Waals surface area contributed by atoms with Crippen LogP contribution in [0.5, 0.6) is 0 Å². The van der Waals surface area contributed by atoms with Gasteiger partial charge in [0.2, 0.25) is 0 Å². The van der Waals surface area contributed by atoms with Crippen molar-refractivity contribution >= 4 is 16.8 Å². The Labute approximate surface area is 162 Å². The number of hydrogen-bond donors (Lipinski definition) is 2. The normalized spacial score (nSPS) is 11.1. The molecule has 2 heterocycles. The van der Waals surface area contributed by atoms with Gasteiger partial charge in [0.25, 0.3) is 11.8 Å². The number of benzene rings is 2. The summed E-state index contributed by atoms with van der Waals surface area (Å²) in [4.78, 5) is 16.6. The van der Waals surface area contributed by atoms with Crippen LogP contribution in [0.25, 0.3) is 22.5 Å². The van der Waals surface area contributed by atoms with Gasteiger partial charge in [-0.3, -0.25) is 4.79 Å². The van der Waals surface area contributed by atoms with Crippen molar-refractivity contribution in [2.45, 2.75) is 20.0 Å². The van der Waals surface area contributed by atoms with E-state index in [2.05, 4.69) is 39.1 Å². The minimum Gasteiger partial charge on any atom is -0.345 e. The number of nitrogens with two attached hydrogens (primary N) is 1. The van der Waals surface area contributed by atoms with Crippen LogP contribution >= 0.6 is 0 Å². The zero-order valence-electron chi connectivity index (χ0n) is 15.6. The van der Waals surface area contributed by atoms with Crippen LogP contribution < -0.4 is 11.1 Å². The molecular formula is C21H21N5O2. The van der Waals surface area contributed by atoms with E-state index in [9.17, 15) is 4.79 Å². The first-order valence-corrected chi connectivity index (χ1v) is 9.12. The summed E-state index contributed by atoms with van der Waals surface area (Å²) in [5.74, 6) is 0.647. The van der Waals surface area contributed by atoms with Crippen LogP contribution in [-0.4, -0.2) is 27.2 Å². The molecule has 0 saturated heterocycles. The SMILES string of the molecule is Cc1cccc2c1cc(-c1nc(CNC(=O)c3ccccc3)no1)n2CCN. The second-order valence-electron chi connectivity index (χ2n) is 6.54. The molecule has 2 aromatic heterocycles. The number of nitrogens with one attached hydrogen (secondary N) is 1. The van der Waals surface area contributed by atoms with Crippen LogP contribution in [0, 0.1) is 6.92 Å². The molecule has 0 bridgehead atoms. The van der Waals surface area contributed by atoms with Gasteiger partial charge in [-0.1, -0.05) is 35.5 Å². The fourth-order valence-corrected chi connectivity index (χ4v) is 3.26. The Morgan fingerprint density at radius 2 is 2.00 bits per heavy atom. The molecule has 0 aliphatic heterocycles. The minimum absolute atomic E-state index is 0.181. The number of aryl methyl sites for hydroxylation is 1. The zero-order chi connectivity index (χ0) is 19.5. The van der Waals surface area contributed by atoms with Crippen molar-refractivity contribution in [2.24, 2.45) is 5.73 Å². The average Bonchev–Trinajstić information content (AvgIpc) is 3.33. The van der Waals surface area contributed by atoms with Crippen molar-refractivity contribution in [3.8, 4) is 11.6 Å². The molecule has 0 spiro atoms. The van der Waals surface area contributed by atoms with Gasteiger partial charge in [0.15, 0.2) is 5.82 Å². The largest absolute Gasteiger partial charge is 0.345 e. The maximum Gasteiger partial charge on any atom is 0.274 e. The third-order valence-electron chi connectivity index (χ3n) is 4.65. The highest BCUT2D eigenvalue weighted by Crippen LogP contribution is 2.29. The number of fused-ring (bicyclic) bond motifs is 1. The van der Waals surface area contributed by atoms with Gasteiger partial charge in [-0.15, -0.1) is 0 Å². The summed E-state index contributed by atoms with van der Waals surface area (Å²) in [5.41, 5.74) is 9.46. The molecule has 0 unspecified atom stereocenters. The Balaban J connectivity index is 1.58. The van der Waals surface area contributed by atoms with Gasteiger partial charge in [0.05, 0.1) is 6.54 Å². The van der Waals surface area contributed by atoms with E-state index >= 15 is 0 Å². The highest BCUT2D eigenvalue weighted by atomic mass is 16.5. The number of aromatic nitrogens is 3. The van der Waals surface area contributed by atoms with Crippen molar-refractivity contribution in [3.05, 3.63) is 71.5 Å². The van der Waals surface area contributed by atoms with Gasteiger partial charge >= 0.3 is 0 Å². The molecule has 0 aliphatic carbocycles. The average molecular weight is 375 g/mol. The number of rotatable bonds is 6. The van der Waals surface area contributed by atoms with Crippen molar-refractivity contribution < 1.29 is 9.32 Å². The summed E-state index contributed by atoms with van der Waals surface area (Å²) in [6.45, 7) is 3.40. The number of carbonyl (C=O) groups excluding carboxylic acids is 1. The lowest BCUT2D eigenvalue weighted by Gasteiger charge is -2.06. The smallest absolute Gasteiger partial charge is 0.274 e. The van der Waals surface area contributed by atoms with E-state index in [-0.39, 0.29) is 12.5 Å². The predicted molar refractivity (Wildman–Crippen MR) is 107 cm³/mol. The Morgan fingerprint density at radius 1 is 1.18 bits per heavy atom. The first kappa shape index (κ1) is 17.9. The third kappa shape index (κ3) is 3.39. The van der Waals surface area contributed by atoms with E-state index in [0.717, 1.165) is 16.6 Å². The highest BCUT2D eigenvalue weighted by Gasteiger charge is 2.17. The summed E-state index contributed by atoms with van der Waals surface area (Å²) in [6, 6.07) is 17.2. The second kappa shape index (κ2) is 7.66. The van der Waals surface area contributed by atoms with Crippen LogP contribution in [-0.2, 0) is 13.1 Å². The zero-order valence-corrected chi connectivity index (χ0v) is 15.6. The Kier molecular flexibility index (Phi) is 4.90. The van der Waals surface area contributed by atoms with Gasteiger partial charge in [-0.2, -0.15) is 4.98 Å². The van der Waals surface area contributed by atoms with Crippen molar-refractivity contribution in [3.63, 3.8) is 0 Å². The summed E-state index contributed by atoms with van der Waals surface area (Å²) in [5, 5.41) is 7.94. The van der Waals surface area contributed by atoms with Gasteiger partial charge in [0.1, 0.15) is 5.69 Å². The molecule has 4 rings (SSSR count). The molecule has 2 aromatic carbocycles. The summed E-state index contributed by atoms with van der Waals surface area (Å²) in [7, 11) is 0. The number of carbonyl (C=O) groups is 1. The molecule has 7 heteroatoms. The van der Waals surface area contributed by atoms with E-state index in [1.807, 2.05) is 30.3 Å². The molecule has 0 fully saturated rings. The van der Waals surface area contributed by atoms with Crippen LogP contribution in [0.3, 0.4) is 0 Å². The quantitative estimate of drug-likeness (QED) is 0.540. The number of nitrogens with zero attached hydrogens (tertiary/aromatic N) is 3. The Bertz CT molecular complexity index is 1110. The lowest BCUT2D eigenvalue weighted by Crippen LogP contribution is -2.23. The van der Waals surface area contributed by atoms with Gasteiger partial charge in [-0.05, 0) is 36.8 Å². The number of amides is 1. The highest BCUT2D eigenvalue weighted by molar-refractivity contribution is 5.94. The molecule has 0 saturated carbocycles. The number of hydrogen-bond acceptors (Lipinski definition) is 5. The monoisotopic (exact) mass is 375 g/mol. The second-order valence-corrected chi connectivity index (χ2v) is 6.54. The van der Waals surface area contributed by atoms with E-state index in [0.29, 0.717) is 30.4 Å². The lowest BCUT2D eigenvalue weighted by atomic mass is 10.1. The Morgan fingerprint density at radius 3 is 2.79 bits per heavy atom. The Hall–Kier alpha value is -3.45. The summed E-state index contributed by atoms with van der Waals surface area (Å²) >= 11 is 0. The molecule has 28 heavy (non-hydrogen) atoms. The molecule has 3 N–H and O–H groups in total. The van der Waals surface area contributed by atoms with Crippen molar-refractivity contribution in [1.82, 2.24) is 20.0 Å². The van der Waals surface area contributed by atoms with Crippen molar-refractivity contribution in [1.29, 1.82) is 0 Å². The topological polar surface area (TPSA) is 99.0 Å². The molecule has 4 aromatic rings. The lowest BCUT2D eigenvalue weighted by molar-refractivity contribution is 0.0949. The maximum absolute atomic E-state index is 12.2. The van der Waals surface area contributed by atoms with Gasteiger partial charge in [0, 0.05) is 29.6 Å². The van der Waals surface area contributed by atoms with Gasteiger partial charge in [-0.25, -0.2) is 0 Å². The van der Waals surface area contributed by atoms with E-state index in [1.54, 1.807) is 12.1 Å². The van der Waals surface area contributed by atoms with E-state index in [4.69, 9.17) is 10.3 Å². The van der Waals surface area contributed by atoms with Crippen LogP contribution in [0.2, 0.25) is 0 Å². The van der Waals surface area contributed by atoms with E-state index in [1.165, 1.54) is 5.56 Å². The van der Waals surface area contributed by atoms with Crippen LogP contribution in [0.1, 0.15) is 21.7 Å². The predicted octanol–water partition coefficient (Wildman–Crippen LogP) is 2.89. The summed E-state index contributed by atoms with van der Waals surface area (Å²) < 4.78 is 7.56. The molecule has 1 amide bonds. The fraction of sp³-hybridized carbons (Fsp3) is 0.190. The molecule has 0 radical (unpaired) electrons. The van der Waals surface area contributed by atoms with Crippen LogP contribution in [0.4, 0.5) is 0 Å². The maximum atomic E-state index is 12.2. The van der Waals surface area contributed by atoms with Gasteiger partial charge < -0.3 is 20.1 Å². The van der Waals surface area contributed by atoms with Crippen molar-refractivity contribution in [2.75, 3.05) is 6.54 Å². The third-order valence-corrected chi connectivity index (χ3v) is 4.65. The minimum atomic E-state index is -0.181. The molecule has 0 atom stereocenters. The molecule has 0 aliphatic rings. The van der Waals surface area contributed by atoms with Crippen LogP contribution in [0.15, 0.2) is 59.1 Å². The molecular weight excluding hydrogens is 354 g/mol. The molecule has 7 nitrogen and oxygen atoms in total. The first-order chi connectivity index (χ1) is 13.7. The standard InChI is InChI=1S/C21H21N5O2/c1-14-6-5-9-17-16(14)12-18(26(17)11-10-22)21-24-19(25-28-21)13-23-20(27)15-7-3-2-4-8-15/h2-9,12H,10-11,13,22H2,1H3,(H,23,27).